The molecule has 2 atom stereocenters. The molecular weight excluding hydrogens is 284 g/mol. The highest BCUT2D eigenvalue weighted by Crippen LogP contribution is 2.39. The van der Waals surface area contributed by atoms with Gasteiger partial charge in [-0.2, -0.15) is 13.1 Å². The third-order valence-electron chi connectivity index (χ3n) is 2.95. The minimum absolute atomic E-state index is 0.110. The summed E-state index contributed by atoms with van der Waals surface area (Å²) < 4.78 is 43.8. The van der Waals surface area contributed by atoms with Crippen molar-refractivity contribution in [1.82, 2.24) is 4.72 Å². The maximum absolute atomic E-state index is 10.8. The average Bonchev–Trinajstić information content (AvgIpc) is 2.62. The Kier molecular flexibility index (Phi) is 4.03. The second-order valence-electron chi connectivity index (χ2n) is 5.05. The average molecular weight is 302 g/mol. The molecule has 1 heterocycles. The highest BCUT2D eigenvalue weighted by atomic mass is 32.2. The van der Waals surface area contributed by atoms with Crippen LogP contribution in [0.2, 0.25) is 0 Å². The van der Waals surface area contributed by atoms with Gasteiger partial charge in [0.25, 0.3) is 0 Å². The number of anilines is 1. The monoisotopic (exact) mass is 302 g/mol. The van der Waals surface area contributed by atoms with Crippen molar-refractivity contribution < 1.29 is 22.4 Å². The number of ether oxygens (including phenoxy) is 2. The predicted molar refractivity (Wildman–Crippen MR) is 73.2 cm³/mol. The number of nitrogen functional groups attached to an aromatic ring is 1. The lowest BCUT2D eigenvalue weighted by molar-refractivity contribution is -0.146. The molecule has 0 amide bonds. The van der Waals surface area contributed by atoms with Crippen LogP contribution in [0.25, 0.3) is 0 Å². The Labute approximate surface area is 117 Å². The molecule has 2 rings (SSSR count). The molecule has 1 aromatic carbocycles. The lowest BCUT2D eigenvalue weighted by Gasteiger charge is -2.18. The van der Waals surface area contributed by atoms with Crippen molar-refractivity contribution in [3.8, 4) is 0 Å². The Morgan fingerprint density at radius 3 is 2.60 bits per heavy atom. The van der Waals surface area contributed by atoms with Gasteiger partial charge >= 0.3 is 10.3 Å². The fraction of sp³-hybridized carbons (Fsp3) is 0.500. The van der Waals surface area contributed by atoms with Crippen molar-refractivity contribution in [3.05, 3.63) is 29.8 Å². The van der Waals surface area contributed by atoms with E-state index >= 15 is 0 Å². The molecule has 4 N–H and O–H groups in total. The zero-order chi connectivity index (χ0) is 15.0. The third kappa shape index (κ3) is 3.68. The summed E-state index contributed by atoms with van der Waals surface area (Å²) in [5.41, 5.74) is 7.17. The molecule has 0 aliphatic carbocycles. The molecular formula is C12H18N2O5S. The second-order valence-corrected chi connectivity index (χ2v) is 6.29. The molecule has 0 bridgehead atoms. The minimum atomic E-state index is -4.28. The Hall–Kier alpha value is -1.19. The van der Waals surface area contributed by atoms with E-state index in [2.05, 4.69) is 0 Å². The maximum atomic E-state index is 10.8. The Morgan fingerprint density at radius 1 is 1.35 bits per heavy atom. The number of hydrogen-bond donors (Lipinski definition) is 3. The lowest BCUT2D eigenvalue weighted by atomic mass is 10.0. The van der Waals surface area contributed by atoms with Crippen LogP contribution in [0.15, 0.2) is 24.3 Å². The van der Waals surface area contributed by atoms with E-state index in [9.17, 15) is 8.42 Å². The fourth-order valence-corrected chi connectivity index (χ4v) is 2.58. The van der Waals surface area contributed by atoms with Gasteiger partial charge in [0, 0.05) is 17.8 Å². The van der Waals surface area contributed by atoms with E-state index < -0.39 is 28.3 Å². The van der Waals surface area contributed by atoms with Crippen LogP contribution >= 0.6 is 0 Å². The van der Waals surface area contributed by atoms with Crippen molar-refractivity contribution in [2.24, 2.45) is 0 Å². The van der Waals surface area contributed by atoms with Gasteiger partial charge < -0.3 is 15.2 Å². The molecule has 0 unspecified atom stereocenters. The molecule has 20 heavy (non-hydrogen) atoms. The van der Waals surface area contributed by atoms with Gasteiger partial charge in [0.05, 0.1) is 0 Å². The van der Waals surface area contributed by atoms with E-state index in [4.69, 9.17) is 19.8 Å². The van der Waals surface area contributed by atoms with Crippen molar-refractivity contribution >= 4 is 16.0 Å². The summed E-state index contributed by atoms with van der Waals surface area (Å²) in [5, 5.41) is 0. The van der Waals surface area contributed by atoms with Crippen LogP contribution < -0.4 is 10.5 Å². The van der Waals surface area contributed by atoms with Gasteiger partial charge in [-0.15, -0.1) is 0 Å². The summed E-state index contributed by atoms with van der Waals surface area (Å²) in [6.45, 7) is 3.35. The van der Waals surface area contributed by atoms with Gasteiger partial charge in [0.15, 0.2) is 5.79 Å². The molecule has 0 saturated carbocycles. The number of rotatable bonds is 4. The van der Waals surface area contributed by atoms with Gasteiger partial charge in [-0.3, -0.25) is 4.55 Å². The van der Waals surface area contributed by atoms with Crippen molar-refractivity contribution in [1.29, 1.82) is 0 Å². The number of benzene rings is 1. The number of para-hydroxylation sites is 1. The highest BCUT2D eigenvalue weighted by molar-refractivity contribution is 7.83. The smallest absolute Gasteiger partial charge is 0.333 e. The van der Waals surface area contributed by atoms with Gasteiger partial charge in [0.1, 0.15) is 12.2 Å². The minimum Gasteiger partial charge on any atom is -0.398 e. The van der Waals surface area contributed by atoms with Crippen LogP contribution in [-0.4, -0.2) is 31.4 Å². The first-order valence-corrected chi connectivity index (χ1v) is 7.54. The van der Waals surface area contributed by atoms with Crippen LogP contribution in [0.1, 0.15) is 25.5 Å². The van der Waals surface area contributed by atoms with E-state index in [0.29, 0.717) is 5.69 Å². The van der Waals surface area contributed by atoms with Crippen molar-refractivity contribution in [3.63, 3.8) is 0 Å². The predicted octanol–water partition coefficient (Wildman–Crippen LogP) is 0.854. The SMILES string of the molecule is CC1(C)O[C@H](c2ccccc2N)[C@@H](CNS(=O)(=O)O)O1. The summed E-state index contributed by atoms with van der Waals surface area (Å²) in [6, 6.07) is 7.14. The quantitative estimate of drug-likeness (QED) is 0.562. The van der Waals surface area contributed by atoms with Gasteiger partial charge in [-0.05, 0) is 19.9 Å². The molecule has 0 aromatic heterocycles. The Balaban J connectivity index is 2.23. The molecule has 0 radical (unpaired) electrons. The van der Waals surface area contributed by atoms with Crippen LogP contribution in [0.5, 0.6) is 0 Å². The lowest BCUT2D eigenvalue weighted by Crippen LogP contribution is -2.35. The van der Waals surface area contributed by atoms with Crippen LogP contribution in [0.4, 0.5) is 5.69 Å². The first-order chi connectivity index (χ1) is 9.18. The van der Waals surface area contributed by atoms with Crippen molar-refractivity contribution in [2.45, 2.75) is 31.8 Å². The van der Waals surface area contributed by atoms with E-state index in [-0.39, 0.29) is 6.54 Å². The summed E-state index contributed by atoms with van der Waals surface area (Å²) in [5.74, 6) is -0.863. The fourth-order valence-electron chi connectivity index (χ4n) is 2.21. The summed E-state index contributed by atoms with van der Waals surface area (Å²) in [4.78, 5) is 0. The molecule has 1 aliphatic heterocycles. The normalized spacial score (nSPS) is 25.8. The van der Waals surface area contributed by atoms with Gasteiger partial charge in [-0.25, -0.2) is 0 Å². The molecule has 1 saturated heterocycles. The Morgan fingerprint density at radius 2 is 2.00 bits per heavy atom. The maximum Gasteiger partial charge on any atom is 0.333 e. The number of hydrogen-bond acceptors (Lipinski definition) is 5. The molecule has 0 spiro atoms. The molecule has 7 nitrogen and oxygen atoms in total. The standard InChI is InChI=1S/C12H18N2O5S/c1-12(2)18-10(7-14-20(15,16)17)11(19-12)8-5-3-4-6-9(8)13/h3-6,10-11,14H,7,13H2,1-2H3,(H,15,16,17)/t10-,11-/m1/s1. The van der Waals surface area contributed by atoms with Crippen LogP contribution in [0.3, 0.4) is 0 Å². The molecule has 8 heteroatoms. The molecule has 1 aromatic rings. The summed E-state index contributed by atoms with van der Waals surface area (Å²) >= 11 is 0. The summed E-state index contributed by atoms with van der Waals surface area (Å²) in [7, 11) is -4.28. The van der Waals surface area contributed by atoms with E-state index in [1.54, 1.807) is 32.0 Å². The zero-order valence-electron chi connectivity index (χ0n) is 11.2. The van der Waals surface area contributed by atoms with E-state index in [1.807, 2.05) is 10.8 Å². The second kappa shape index (κ2) is 5.30. The van der Waals surface area contributed by atoms with Gasteiger partial charge in [0.2, 0.25) is 0 Å². The topological polar surface area (TPSA) is 111 Å². The number of nitrogens with two attached hydrogens (primary N) is 1. The van der Waals surface area contributed by atoms with Gasteiger partial charge in [-0.1, -0.05) is 18.2 Å². The molecule has 112 valence electrons. The van der Waals surface area contributed by atoms with Crippen LogP contribution in [-0.2, 0) is 19.8 Å². The third-order valence-corrected chi connectivity index (χ3v) is 3.48. The zero-order valence-corrected chi connectivity index (χ0v) is 12.1. The summed E-state index contributed by atoms with van der Waals surface area (Å²) in [6.07, 6.45) is -1.10. The van der Waals surface area contributed by atoms with Crippen molar-refractivity contribution in [2.75, 3.05) is 12.3 Å². The molecule has 1 fully saturated rings. The first-order valence-electron chi connectivity index (χ1n) is 6.10. The first kappa shape index (κ1) is 15.2. The van der Waals surface area contributed by atoms with Crippen LogP contribution in [0, 0.1) is 0 Å². The Bertz CT molecular complexity index is 587. The molecule has 1 aliphatic rings. The highest BCUT2D eigenvalue weighted by Gasteiger charge is 2.42. The number of nitrogens with one attached hydrogen (secondary N) is 1. The largest absolute Gasteiger partial charge is 0.398 e. The van der Waals surface area contributed by atoms with E-state index in [1.165, 1.54) is 0 Å². The van der Waals surface area contributed by atoms with E-state index in [0.717, 1.165) is 5.56 Å².